The summed E-state index contributed by atoms with van der Waals surface area (Å²) in [6, 6.07) is 9.74. The van der Waals surface area contributed by atoms with Crippen LogP contribution in [0.5, 0.6) is 0 Å². The maximum absolute atomic E-state index is 12.0. The van der Waals surface area contributed by atoms with E-state index in [9.17, 15) is 10.1 Å². The molecule has 1 unspecified atom stereocenters. The molecule has 20 heavy (non-hydrogen) atoms. The topological polar surface area (TPSA) is 76.1 Å². The lowest BCUT2D eigenvalue weighted by Crippen LogP contribution is -2.23. The van der Waals surface area contributed by atoms with Gasteiger partial charge in [-0.2, -0.15) is 5.26 Å². The van der Waals surface area contributed by atoms with Crippen LogP contribution in [-0.4, -0.2) is 5.78 Å². The number of hydrogen-bond acceptors (Lipinski definition) is 4. The highest BCUT2D eigenvalue weighted by Crippen LogP contribution is 2.40. The predicted octanol–water partition coefficient (Wildman–Crippen LogP) is 2.67. The Labute approximate surface area is 118 Å². The maximum Gasteiger partial charge on any atom is 0.205 e. The van der Waals surface area contributed by atoms with E-state index in [1.54, 1.807) is 6.92 Å². The minimum atomic E-state index is -0.451. The molecule has 0 spiro atoms. The molecule has 0 aromatic heterocycles. The summed E-state index contributed by atoms with van der Waals surface area (Å²) in [6.07, 6.45) is 0. The smallest absolute Gasteiger partial charge is 0.205 e. The molecule has 1 atom stereocenters. The second-order valence-electron chi connectivity index (χ2n) is 4.81. The zero-order chi connectivity index (χ0) is 14.9. The van der Waals surface area contributed by atoms with Crippen molar-refractivity contribution >= 4 is 5.78 Å². The lowest BCUT2D eigenvalue weighted by molar-refractivity contribution is -0.114. The van der Waals surface area contributed by atoms with Crippen molar-refractivity contribution in [1.29, 1.82) is 5.26 Å². The van der Waals surface area contributed by atoms with Crippen LogP contribution in [0.2, 0.25) is 0 Å². The number of carbonyl (C=O) groups excluding carboxylic acids is 1. The fraction of sp³-hybridized carbons (Fsp3) is 0.250. The van der Waals surface area contributed by atoms with Crippen LogP contribution < -0.4 is 5.73 Å². The molecule has 1 aliphatic rings. The molecule has 0 fully saturated rings. The van der Waals surface area contributed by atoms with Crippen LogP contribution in [0.4, 0.5) is 0 Å². The summed E-state index contributed by atoms with van der Waals surface area (Å²) >= 11 is 0. The summed E-state index contributed by atoms with van der Waals surface area (Å²) in [6.45, 7) is 5.12. The first-order chi connectivity index (χ1) is 9.47. The molecule has 2 rings (SSSR count). The van der Waals surface area contributed by atoms with Crippen LogP contribution in [0.1, 0.15) is 30.9 Å². The van der Waals surface area contributed by atoms with E-state index < -0.39 is 5.92 Å². The molecule has 0 radical (unpaired) electrons. The van der Waals surface area contributed by atoms with Crippen LogP contribution in [0.3, 0.4) is 0 Å². The normalized spacial score (nSPS) is 18.6. The van der Waals surface area contributed by atoms with Gasteiger partial charge in [0, 0.05) is 5.57 Å². The lowest BCUT2D eigenvalue weighted by Gasteiger charge is -2.27. The Hall–Kier alpha value is -2.54. The SMILES string of the molecule is CC(=O)C1=C(C)OC(N)=C(C#N)C1c1ccccc1C. The molecule has 102 valence electrons. The van der Waals surface area contributed by atoms with Gasteiger partial charge >= 0.3 is 0 Å². The number of carbonyl (C=O) groups is 1. The third-order valence-corrected chi connectivity index (χ3v) is 3.48. The van der Waals surface area contributed by atoms with Crippen LogP contribution in [0.15, 0.2) is 47.1 Å². The number of Topliss-reactive ketones (excluding diaryl/α,β-unsaturated/α-hetero) is 1. The van der Waals surface area contributed by atoms with E-state index in [0.29, 0.717) is 11.3 Å². The second kappa shape index (κ2) is 5.22. The minimum Gasteiger partial charge on any atom is -0.445 e. The number of ketones is 1. The van der Waals surface area contributed by atoms with Crippen LogP contribution >= 0.6 is 0 Å². The molecule has 1 aromatic rings. The monoisotopic (exact) mass is 268 g/mol. The van der Waals surface area contributed by atoms with Crippen molar-refractivity contribution < 1.29 is 9.53 Å². The number of hydrogen-bond donors (Lipinski definition) is 1. The van der Waals surface area contributed by atoms with E-state index in [4.69, 9.17) is 10.5 Å². The van der Waals surface area contributed by atoms with E-state index in [-0.39, 0.29) is 17.2 Å². The Morgan fingerprint density at radius 2 is 2.00 bits per heavy atom. The van der Waals surface area contributed by atoms with Gasteiger partial charge in [0.15, 0.2) is 5.78 Å². The fourth-order valence-corrected chi connectivity index (χ4v) is 2.56. The highest BCUT2D eigenvalue weighted by atomic mass is 16.5. The Bertz CT molecular complexity index is 678. The Morgan fingerprint density at radius 1 is 1.35 bits per heavy atom. The van der Waals surface area contributed by atoms with Gasteiger partial charge in [-0.05, 0) is 31.9 Å². The summed E-state index contributed by atoms with van der Waals surface area (Å²) in [5.74, 6) is -0.0334. The molecule has 1 aromatic carbocycles. The number of allylic oxidation sites excluding steroid dienone is 3. The van der Waals surface area contributed by atoms with Crippen LogP contribution in [0.25, 0.3) is 0 Å². The first-order valence-electron chi connectivity index (χ1n) is 6.32. The van der Waals surface area contributed by atoms with Crippen LogP contribution in [-0.2, 0) is 9.53 Å². The van der Waals surface area contributed by atoms with Crippen LogP contribution in [0, 0.1) is 18.3 Å². The predicted molar refractivity (Wildman–Crippen MR) is 75.2 cm³/mol. The first kappa shape index (κ1) is 13.9. The standard InChI is InChI=1S/C16H16N2O2/c1-9-6-4-5-7-12(9)15-13(8-17)16(18)20-11(3)14(15)10(2)19/h4-7,15H,18H2,1-3H3. The van der Waals surface area contributed by atoms with E-state index in [1.807, 2.05) is 31.2 Å². The van der Waals surface area contributed by atoms with Gasteiger partial charge in [-0.25, -0.2) is 0 Å². The molecule has 1 heterocycles. The first-order valence-corrected chi connectivity index (χ1v) is 6.32. The van der Waals surface area contributed by atoms with E-state index in [0.717, 1.165) is 11.1 Å². The molecular weight excluding hydrogens is 252 g/mol. The average molecular weight is 268 g/mol. The van der Waals surface area contributed by atoms with Gasteiger partial charge in [-0.1, -0.05) is 24.3 Å². The van der Waals surface area contributed by atoms with Crippen molar-refractivity contribution in [2.75, 3.05) is 0 Å². The van der Waals surface area contributed by atoms with Crippen molar-refractivity contribution in [1.82, 2.24) is 0 Å². The molecular formula is C16H16N2O2. The lowest BCUT2D eigenvalue weighted by atomic mass is 9.80. The van der Waals surface area contributed by atoms with Gasteiger partial charge in [-0.15, -0.1) is 0 Å². The molecule has 0 amide bonds. The Kier molecular flexibility index (Phi) is 3.62. The highest BCUT2D eigenvalue weighted by molar-refractivity contribution is 5.96. The molecule has 0 saturated carbocycles. The summed E-state index contributed by atoms with van der Waals surface area (Å²) in [4.78, 5) is 12.0. The number of ether oxygens (including phenoxy) is 1. The molecule has 0 bridgehead atoms. The molecule has 4 nitrogen and oxygen atoms in total. The van der Waals surface area contributed by atoms with Crippen molar-refractivity contribution in [2.24, 2.45) is 5.73 Å². The highest BCUT2D eigenvalue weighted by Gasteiger charge is 2.34. The number of nitrogens with two attached hydrogens (primary N) is 1. The summed E-state index contributed by atoms with van der Waals surface area (Å²) in [5, 5.41) is 9.37. The molecule has 0 saturated heterocycles. The summed E-state index contributed by atoms with van der Waals surface area (Å²) < 4.78 is 5.35. The summed E-state index contributed by atoms with van der Waals surface area (Å²) in [7, 11) is 0. The quantitative estimate of drug-likeness (QED) is 0.894. The zero-order valence-electron chi connectivity index (χ0n) is 11.7. The molecule has 4 heteroatoms. The Morgan fingerprint density at radius 3 is 2.55 bits per heavy atom. The van der Waals surface area contributed by atoms with Crippen molar-refractivity contribution in [3.05, 3.63) is 58.2 Å². The fourth-order valence-electron chi connectivity index (χ4n) is 2.56. The van der Waals surface area contributed by atoms with Gasteiger partial charge in [0.1, 0.15) is 17.4 Å². The van der Waals surface area contributed by atoms with E-state index in [2.05, 4.69) is 6.07 Å². The van der Waals surface area contributed by atoms with Gasteiger partial charge < -0.3 is 10.5 Å². The third kappa shape index (κ3) is 2.19. The molecule has 1 aliphatic heterocycles. The number of nitrogens with zero attached hydrogens (tertiary/aromatic N) is 1. The van der Waals surface area contributed by atoms with Crippen molar-refractivity contribution in [3.63, 3.8) is 0 Å². The maximum atomic E-state index is 12.0. The van der Waals surface area contributed by atoms with Crippen molar-refractivity contribution in [3.8, 4) is 6.07 Å². The van der Waals surface area contributed by atoms with Gasteiger partial charge in [0.05, 0.1) is 5.92 Å². The number of benzene rings is 1. The number of aryl methyl sites for hydroxylation is 1. The zero-order valence-corrected chi connectivity index (χ0v) is 11.7. The van der Waals surface area contributed by atoms with Gasteiger partial charge in [-0.3, -0.25) is 4.79 Å². The molecule has 0 aliphatic carbocycles. The number of nitriles is 1. The van der Waals surface area contributed by atoms with Gasteiger partial charge in [0.2, 0.25) is 5.88 Å². The third-order valence-electron chi connectivity index (χ3n) is 3.48. The average Bonchev–Trinajstić information content (AvgIpc) is 2.38. The van der Waals surface area contributed by atoms with Gasteiger partial charge in [0.25, 0.3) is 0 Å². The van der Waals surface area contributed by atoms with E-state index in [1.165, 1.54) is 6.92 Å². The molecule has 2 N–H and O–H groups in total. The Balaban J connectivity index is 2.71. The minimum absolute atomic E-state index is 0.0725. The van der Waals surface area contributed by atoms with E-state index >= 15 is 0 Å². The number of rotatable bonds is 2. The summed E-state index contributed by atoms with van der Waals surface area (Å²) in [5.41, 5.74) is 8.50. The van der Waals surface area contributed by atoms with Crippen molar-refractivity contribution in [2.45, 2.75) is 26.7 Å². The second-order valence-corrected chi connectivity index (χ2v) is 4.81. The largest absolute Gasteiger partial charge is 0.445 e.